The minimum Gasteiger partial charge on any atom is -0.347 e. The van der Waals surface area contributed by atoms with Gasteiger partial charge >= 0.3 is 6.18 Å². The van der Waals surface area contributed by atoms with Crippen LogP contribution in [0.2, 0.25) is 0 Å². The van der Waals surface area contributed by atoms with Gasteiger partial charge in [0.1, 0.15) is 6.54 Å². The number of nitrogens with zero attached hydrogens (tertiary/aromatic N) is 2. The van der Waals surface area contributed by atoms with E-state index >= 15 is 0 Å². The number of halogens is 3. The summed E-state index contributed by atoms with van der Waals surface area (Å²) in [7, 11) is 0. The molecular formula is C14H18F3N3O. The second kappa shape index (κ2) is 5.35. The number of amides is 1. The molecule has 1 fully saturated rings. The molecule has 2 aliphatic rings. The van der Waals surface area contributed by atoms with E-state index in [-0.39, 0.29) is 17.9 Å². The van der Waals surface area contributed by atoms with E-state index in [1.807, 2.05) is 0 Å². The van der Waals surface area contributed by atoms with Crippen molar-refractivity contribution >= 4 is 5.91 Å². The number of hydrogen-bond acceptors (Lipinski definition) is 2. The Morgan fingerprint density at radius 2 is 2.10 bits per heavy atom. The zero-order chi connectivity index (χ0) is 15.0. The van der Waals surface area contributed by atoms with Crippen LogP contribution in [0.5, 0.6) is 0 Å². The van der Waals surface area contributed by atoms with Crippen molar-refractivity contribution in [3.05, 3.63) is 17.5 Å². The fourth-order valence-corrected chi connectivity index (χ4v) is 2.96. The standard InChI is InChI=1S/C14H18F3N3O/c15-14(16,17)8-20-7-10-5-2-6-11(12(10)19-20)18-13(21)9-3-1-4-9/h7,9,11H,1-6,8H2,(H,18,21). The van der Waals surface area contributed by atoms with E-state index in [0.29, 0.717) is 5.69 Å². The van der Waals surface area contributed by atoms with Crippen LogP contribution in [0.3, 0.4) is 0 Å². The van der Waals surface area contributed by atoms with Crippen LogP contribution >= 0.6 is 0 Å². The number of hydrogen-bond donors (Lipinski definition) is 1. The number of rotatable bonds is 3. The lowest BCUT2D eigenvalue weighted by Gasteiger charge is -2.28. The molecule has 0 radical (unpaired) electrons. The van der Waals surface area contributed by atoms with Gasteiger partial charge < -0.3 is 5.32 Å². The molecule has 0 bridgehead atoms. The van der Waals surface area contributed by atoms with Crippen molar-refractivity contribution in [2.45, 2.75) is 57.3 Å². The minimum absolute atomic E-state index is 0.0180. The van der Waals surface area contributed by atoms with Gasteiger partial charge in [-0.15, -0.1) is 0 Å². The normalized spacial score (nSPS) is 22.5. The lowest BCUT2D eigenvalue weighted by atomic mass is 9.84. The van der Waals surface area contributed by atoms with Crippen molar-refractivity contribution in [3.63, 3.8) is 0 Å². The molecule has 1 heterocycles. The topological polar surface area (TPSA) is 46.9 Å². The number of carbonyl (C=O) groups is 1. The molecule has 0 saturated heterocycles. The monoisotopic (exact) mass is 301 g/mol. The highest BCUT2D eigenvalue weighted by Crippen LogP contribution is 2.32. The quantitative estimate of drug-likeness (QED) is 0.933. The summed E-state index contributed by atoms with van der Waals surface area (Å²) in [6.45, 7) is -1.08. The number of aromatic nitrogens is 2. The lowest BCUT2D eigenvalue weighted by molar-refractivity contribution is -0.142. The molecule has 0 aromatic carbocycles. The maximum Gasteiger partial charge on any atom is 0.408 e. The number of nitrogens with one attached hydrogen (secondary N) is 1. The van der Waals surface area contributed by atoms with Crippen molar-refractivity contribution in [2.24, 2.45) is 5.92 Å². The van der Waals surface area contributed by atoms with E-state index in [4.69, 9.17) is 0 Å². The van der Waals surface area contributed by atoms with Gasteiger partial charge in [0.2, 0.25) is 5.91 Å². The summed E-state index contributed by atoms with van der Waals surface area (Å²) in [5, 5.41) is 7.01. The number of fused-ring (bicyclic) bond motifs is 1. The third kappa shape index (κ3) is 3.22. The van der Waals surface area contributed by atoms with Crippen LogP contribution < -0.4 is 5.32 Å². The van der Waals surface area contributed by atoms with Crippen LogP contribution in [0.1, 0.15) is 49.4 Å². The Balaban J connectivity index is 1.72. The molecule has 0 spiro atoms. The third-order valence-corrected chi connectivity index (χ3v) is 4.27. The highest BCUT2D eigenvalue weighted by Gasteiger charge is 2.33. The van der Waals surface area contributed by atoms with Crippen molar-refractivity contribution in [2.75, 3.05) is 0 Å². The van der Waals surface area contributed by atoms with Gasteiger partial charge in [-0.1, -0.05) is 6.42 Å². The molecule has 0 aliphatic heterocycles. The zero-order valence-electron chi connectivity index (χ0n) is 11.6. The van der Waals surface area contributed by atoms with E-state index in [1.165, 1.54) is 6.20 Å². The highest BCUT2D eigenvalue weighted by molar-refractivity contribution is 5.79. The van der Waals surface area contributed by atoms with Crippen LogP contribution in [0, 0.1) is 5.92 Å². The summed E-state index contributed by atoms with van der Waals surface area (Å²) in [5.41, 5.74) is 1.43. The van der Waals surface area contributed by atoms with Gasteiger partial charge in [0.05, 0.1) is 11.7 Å². The van der Waals surface area contributed by atoms with Gasteiger partial charge in [-0.25, -0.2) is 0 Å². The molecule has 116 valence electrons. The van der Waals surface area contributed by atoms with Crippen molar-refractivity contribution in [1.82, 2.24) is 15.1 Å². The molecule has 1 amide bonds. The van der Waals surface area contributed by atoms with Crippen molar-refractivity contribution in [3.8, 4) is 0 Å². The van der Waals surface area contributed by atoms with E-state index in [0.717, 1.165) is 48.8 Å². The average Bonchev–Trinajstić information content (AvgIpc) is 2.67. The Hall–Kier alpha value is -1.53. The predicted molar refractivity (Wildman–Crippen MR) is 69.4 cm³/mol. The summed E-state index contributed by atoms with van der Waals surface area (Å²) < 4.78 is 38.3. The van der Waals surface area contributed by atoms with Gasteiger partial charge in [0.25, 0.3) is 0 Å². The molecule has 1 N–H and O–H groups in total. The van der Waals surface area contributed by atoms with Gasteiger partial charge in [0, 0.05) is 12.1 Å². The molecule has 1 unspecified atom stereocenters. The second-order valence-corrected chi connectivity index (χ2v) is 5.93. The summed E-state index contributed by atoms with van der Waals surface area (Å²) in [5.74, 6) is 0.0945. The summed E-state index contributed by atoms with van der Waals surface area (Å²) >= 11 is 0. The van der Waals surface area contributed by atoms with Crippen LogP contribution in [0.4, 0.5) is 13.2 Å². The van der Waals surface area contributed by atoms with E-state index in [1.54, 1.807) is 0 Å². The fourth-order valence-electron chi connectivity index (χ4n) is 2.96. The van der Waals surface area contributed by atoms with Crippen LogP contribution in [0.25, 0.3) is 0 Å². The average molecular weight is 301 g/mol. The molecular weight excluding hydrogens is 283 g/mol. The Morgan fingerprint density at radius 3 is 2.71 bits per heavy atom. The molecule has 21 heavy (non-hydrogen) atoms. The fraction of sp³-hybridized carbons (Fsp3) is 0.714. The van der Waals surface area contributed by atoms with Crippen LogP contribution in [-0.2, 0) is 17.8 Å². The molecule has 1 saturated carbocycles. The highest BCUT2D eigenvalue weighted by atomic mass is 19.4. The molecule has 7 heteroatoms. The molecule has 1 aromatic rings. The maximum atomic E-state index is 12.4. The van der Waals surface area contributed by atoms with Gasteiger partial charge in [-0.3, -0.25) is 9.48 Å². The first-order valence-corrected chi connectivity index (χ1v) is 7.36. The van der Waals surface area contributed by atoms with E-state index in [9.17, 15) is 18.0 Å². The van der Waals surface area contributed by atoms with Crippen LogP contribution in [-0.4, -0.2) is 21.9 Å². The molecule has 3 rings (SSSR count). The van der Waals surface area contributed by atoms with Gasteiger partial charge in [-0.05, 0) is 37.7 Å². The summed E-state index contributed by atoms with van der Waals surface area (Å²) in [4.78, 5) is 12.0. The first kappa shape index (κ1) is 14.4. The molecule has 2 aliphatic carbocycles. The Labute approximate surface area is 120 Å². The van der Waals surface area contributed by atoms with Crippen LogP contribution in [0.15, 0.2) is 6.20 Å². The molecule has 1 aromatic heterocycles. The molecule has 4 nitrogen and oxygen atoms in total. The second-order valence-electron chi connectivity index (χ2n) is 5.93. The van der Waals surface area contributed by atoms with Crippen molar-refractivity contribution in [1.29, 1.82) is 0 Å². The zero-order valence-corrected chi connectivity index (χ0v) is 11.6. The summed E-state index contributed by atoms with van der Waals surface area (Å²) in [6, 6.07) is -0.240. The Morgan fingerprint density at radius 1 is 1.33 bits per heavy atom. The smallest absolute Gasteiger partial charge is 0.347 e. The van der Waals surface area contributed by atoms with Crippen molar-refractivity contribution < 1.29 is 18.0 Å². The van der Waals surface area contributed by atoms with Gasteiger partial charge in [0.15, 0.2) is 0 Å². The number of alkyl halides is 3. The maximum absolute atomic E-state index is 12.4. The number of aryl methyl sites for hydroxylation is 1. The predicted octanol–water partition coefficient (Wildman–Crippen LogP) is 2.74. The van der Waals surface area contributed by atoms with E-state index in [2.05, 4.69) is 10.4 Å². The van der Waals surface area contributed by atoms with E-state index < -0.39 is 12.7 Å². The summed E-state index contributed by atoms with van der Waals surface area (Å²) in [6.07, 6.45) is 2.41. The SMILES string of the molecule is O=C(NC1CCCc2cn(CC(F)(F)F)nc21)C1CCC1. The largest absolute Gasteiger partial charge is 0.408 e. The number of carbonyl (C=O) groups excluding carboxylic acids is 1. The first-order chi connectivity index (χ1) is 9.92. The lowest BCUT2D eigenvalue weighted by Crippen LogP contribution is -2.38. The Kier molecular flexibility index (Phi) is 3.67. The molecule has 1 atom stereocenters. The third-order valence-electron chi connectivity index (χ3n) is 4.27. The Bertz CT molecular complexity index is 534. The first-order valence-electron chi connectivity index (χ1n) is 7.36. The van der Waals surface area contributed by atoms with Gasteiger partial charge in [-0.2, -0.15) is 18.3 Å². The minimum atomic E-state index is -4.28.